The Morgan fingerprint density at radius 1 is 1.46 bits per heavy atom. The van der Waals surface area contributed by atoms with E-state index in [0.717, 1.165) is 35.4 Å². The van der Waals surface area contributed by atoms with E-state index < -0.39 is 0 Å². The van der Waals surface area contributed by atoms with Gasteiger partial charge in [0.2, 0.25) is 11.8 Å². The molecule has 2 heterocycles. The number of fused-ring (bicyclic) bond motifs is 1. The minimum absolute atomic E-state index is 0.0605. The summed E-state index contributed by atoms with van der Waals surface area (Å²) in [5.74, 6) is 0.648. The van der Waals surface area contributed by atoms with Gasteiger partial charge in [-0.05, 0) is 31.0 Å². The van der Waals surface area contributed by atoms with Gasteiger partial charge in [0.15, 0.2) is 5.13 Å². The van der Waals surface area contributed by atoms with E-state index in [9.17, 15) is 9.59 Å². The van der Waals surface area contributed by atoms with Crippen molar-refractivity contribution in [3.8, 4) is 5.75 Å². The fraction of sp³-hybridized carbons (Fsp3) is 0.471. The Morgan fingerprint density at radius 3 is 3.04 bits per heavy atom. The van der Waals surface area contributed by atoms with E-state index in [2.05, 4.69) is 10.3 Å². The number of methoxy groups -OCH3 is 1. The van der Waals surface area contributed by atoms with Crippen LogP contribution < -0.4 is 10.1 Å². The summed E-state index contributed by atoms with van der Waals surface area (Å²) in [6.45, 7) is 3.09. The van der Waals surface area contributed by atoms with Gasteiger partial charge in [-0.1, -0.05) is 18.3 Å². The van der Waals surface area contributed by atoms with Gasteiger partial charge in [-0.2, -0.15) is 0 Å². The van der Waals surface area contributed by atoms with E-state index >= 15 is 0 Å². The predicted octanol–water partition coefficient (Wildman–Crippen LogP) is 2.89. The highest BCUT2D eigenvalue weighted by Crippen LogP contribution is 2.30. The monoisotopic (exact) mass is 347 g/mol. The Labute approximate surface area is 144 Å². The average Bonchev–Trinajstić information content (AvgIpc) is 3.02. The van der Waals surface area contributed by atoms with Crippen LogP contribution >= 0.6 is 11.3 Å². The summed E-state index contributed by atoms with van der Waals surface area (Å²) in [5, 5.41) is 3.49. The summed E-state index contributed by atoms with van der Waals surface area (Å²) in [4.78, 5) is 30.6. The zero-order chi connectivity index (χ0) is 17.1. The molecule has 1 aliphatic rings. The SMILES string of the molecule is CCC(=O)N1CCCC(C(=O)Nc2nc3ccc(OC)cc3s2)C1. The molecule has 128 valence electrons. The normalized spacial score (nSPS) is 17.8. The molecule has 6 nitrogen and oxygen atoms in total. The first-order chi connectivity index (χ1) is 11.6. The molecule has 3 rings (SSSR count). The first kappa shape index (κ1) is 16.7. The molecular weight excluding hydrogens is 326 g/mol. The van der Waals surface area contributed by atoms with E-state index in [-0.39, 0.29) is 17.7 Å². The third-order valence-electron chi connectivity index (χ3n) is 4.27. The Morgan fingerprint density at radius 2 is 2.29 bits per heavy atom. The number of nitrogens with zero attached hydrogens (tertiary/aromatic N) is 2. The van der Waals surface area contributed by atoms with Crippen LogP contribution in [0.4, 0.5) is 5.13 Å². The third kappa shape index (κ3) is 3.51. The van der Waals surface area contributed by atoms with Gasteiger partial charge >= 0.3 is 0 Å². The van der Waals surface area contributed by atoms with Crippen LogP contribution in [0.1, 0.15) is 26.2 Å². The van der Waals surface area contributed by atoms with Gasteiger partial charge in [-0.25, -0.2) is 4.98 Å². The first-order valence-electron chi connectivity index (χ1n) is 8.14. The number of amides is 2. The Bertz CT molecular complexity index is 759. The number of benzene rings is 1. The summed E-state index contributed by atoms with van der Waals surface area (Å²) in [6, 6.07) is 5.64. The Kier molecular flexibility index (Phi) is 4.99. The molecule has 1 unspecified atom stereocenters. The summed E-state index contributed by atoms with van der Waals surface area (Å²) >= 11 is 1.43. The maximum absolute atomic E-state index is 12.5. The number of likely N-dealkylation sites (tertiary alicyclic amines) is 1. The van der Waals surface area contributed by atoms with Crippen LogP contribution in [-0.2, 0) is 9.59 Å². The molecule has 1 fully saturated rings. The van der Waals surface area contributed by atoms with Crippen LogP contribution in [0.2, 0.25) is 0 Å². The average molecular weight is 347 g/mol. The molecule has 0 aliphatic carbocycles. The van der Waals surface area contributed by atoms with Gasteiger partial charge in [-0.3, -0.25) is 9.59 Å². The van der Waals surface area contributed by atoms with Gasteiger partial charge in [-0.15, -0.1) is 0 Å². The van der Waals surface area contributed by atoms with Crippen molar-refractivity contribution in [2.75, 3.05) is 25.5 Å². The van der Waals surface area contributed by atoms with Crippen molar-refractivity contribution in [3.05, 3.63) is 18.2 Å². The summed E-state index contributed by atoms with van der Waals surface area (Å²) in [5.41, 5.74) is 0.836. The second kappa shape index (κ2) is 7.17. The van der Waals surface area contributed by atoms with E-state index in [4.69, 9.17) is 4.74 Å². The van der Waals surface area contributed by atoms with Gasteiger partial charge in [0.25, 0.3) is 0 Å². The minimum Gasteiger partial charge on any atom is -0.497 e. The van der Waals surface area contributed by atoms with Crippen LogP contribution in [0.25, 0.3) is 10.2 Å². The molecule has 0 bridgehead atoms. The van der Waals surface area contributed by atoms with E-state index in [1.54, 1.807) is 12.0 Å². The van der Waals surface area contributed by atoms with Gasteiger partial charge < -0.3 is 15.0 Å². The lowest BCUT2D eigenvalue weighted by Crippen LogP contribution is -2.43. The van der Waals surface area contributed by atoms with Crippen LogP contribution in [0, 0.1) is 5.92 Å². The largest absolute Gasteiger partial charge is 0.497 e. The number of rotatable bonds is 4. The lowest BCUT2D eigenvalue weighted by atomic mass is 9.97. The molecule has 1 aliphatic heterocycles. The van der Waals surface area contributed by atoms with Crippen LogP contribution in [0.3, 0.4) is 0 Å². The smallest absolute Gasteiger partial charge is 0.231 e. The topological polar surface area (TPSA) is 71.5 Å². The quantitative estimate of drug-likeness (QED) is 0.923. The number of aromatic nitrogens is 1. The van der Waals surface area contributed by atoms with Gasteiger partial charge in [0.1, 0.15) is 5.75 Å². The van der Waals surface area contributed by atoms with Crippen LogP contribution in [0.15, 0.2) is 18.2 Å². The summed E-state index contributed by atoms with van der Waals surface area (Å²) in [7, 11) is 1.62. The Balaban J connectivity index is 1.69. The van der Waals surface area contributed by atoms with Gasteiger partial charge in [0.05, 0.1) is 23.2 Å². The molecule has 0 radical (unpaired) electrons. The molecule has 1 atom stereocenters. The van der Waals surface area contributed by atoms with E-state index in [0.29, 0.717) is 18.1 Å². The van der Waals surface area contributed by atoms with E-state index in [1.807, 2.05) is 25.1 Å². The molecule has 0 spiro atoms. The molecule has 0 saturated carbocycles. The first-order valence-corrected chi connectivity index (χ1v) is 8.95. The van der Waals surface area contributed by atoms with Crippen molar-refractivity contribution in [2.45, 2.75) is 26.2 Å². The molecule has 1 N–H and O–H groups in total. The number of anilines is 1. The second-order valence-corrected chi connectivity index (χ2v) is 6.91. The van der Waals surface area contributed by atoms with Gasteiger partial charge in [0, 0.05) is 19.5 Å². The molecule has 1 aromatic heterocycles. The lowest BCUT2D eigenvalue weighted by molar-refractivity contribution is -0.134. The number of carbonyl (C=O) groups excluding carboxylic acids is 2. The molecule has 2 aromatic rings. The van der Waals surface area contributed by atoms with E-state index in [1.165, 1.54) is 11.3 Å². The predicted molar refractivity (Wildman–Crippen MR) is 94.4 cm³/mol. The highest BCUT2D eigenvalue weighted by molar-refractivity contribution is 7.22. The van der Waals surface area contributed by atoms with Crippen LogP contribution in [-0.4, -0.2) is 41.9 Å². The molecular formula is C17H21N3O3S. The maximum Gasteiger partial charge on any atom is 0.231 e. The second-order valence-electron chi connectivity index (χ2n) is 5.87. The third-order valence-corrected chi connectivity index (χ3v) is 5.21. The minimum atomic E-state index is -0.171. The summed E-state index contributed by atoms with van der Waals surface area (Å²) < 4.78 is 6.18. The molecule has 1 saturated heterocycles. The van der Waals surface area contributed by atoms with Crippen molar-refractivity contribution in [2.24, 2.45) is 5.92 Å². The number of ether oxygens (including phenoxy) is 1. The number of carbonyl (C=O) groups is 2. The fourth-order valence-electron chi connectivity index (χ4n) is 2.93. The molecule has 1 aromatic carbocycles. The van der Waals surface area contributed by atoms with Crippen molar-refractivity contribution in [1.29, 1.82) is 0 Å². The maximum atomic E-state index is 12.5. The number of piperidine rings is 1. The van der Waals surface area contributed by atoms with Crippen molar-refractivity contribution >= 4 is 38.5 Å². The fourth-order valence-corrected chi connectivity index (χ4v) is 3.83. The van der Waals surface area contributed by atoms with Crippen molar-refractivity contribution in [3.63, 3.8) is 0 Å². The van der Waals surface area contributed by atoms with Crippen molar-refractivity contribution < 1.29 is 14.3 Å². The van der Waals surface area contributed by atoms with Crippen LogP contribution in [0.5, 0.6) is 5.75 Å². The molecule has 7 heteroatoms. The Hall–Kier alpha value is -2.15. The highest BCUT2D eigenvalue weighted by Gasteiger charge is 2.28. The number of nitrogens with one attached hydrogen (secondary N) is 1. The molecule has 24 heavy (non-hydrogen) atoms. The lowest BCUT2D eigenvalue weighted by Gasteiger charge is -2.31. The molecule has 2 amide bonds. The zero-order valence-electron chi connectivity index (χ0n) is 13.9. The zero-order valence-corrected chi connectivity index (χ0v) is 14.7. The number of hydrogen-bond donors (Lipinski definition) is 1. The number of thiazole rings is 1. The van der Waals surface area contributed by atoms with Crippen molar-refractivity contribution in [1.82, 2.24) is 9.88 Å². The number of hydrogen-bond acceptors (Lipinski definition) is 5. The standard InChI is InChI=1S/C17H21N3O3S/c1-3-15(21)20-8-4-5-11(10-20)16(22)19-17-18-13-7-6-12(23-2)9-14(13)24-17/h6-7,9,11H,3-5,8,10H2,1-2H3,(H,18,19,22). The highest BCUT2D eigenvalue weighted by atomic mass is 32.1. The summed E-state index contributed by atoms with van der Waals surface area (Å²) in [6.07, 6.45) is 2.15.